The number of H-pyrrole nitrogens is 1. The SMILES string of the molecule is Cc1[nH]nc(NC(=O)CC2CCNCC2)c1C. The second-order valence-corrected chi connectivity index (χ2v) is 4.77. The normalized spacial score (nSPS) is 17.1. The summed E-state index contributed by atoms with van der Waals surface area (Å²) in [7, 11) is 0. The van der Waals surface area contributed by atoms with E-state index in [1.807, 2.05) is 13.8 Å². The van der Waals surface area contributed by atoms with Crippen molar-refractivity contribution in [1.82, 2.24) is 15.5 Å². The smallest absolute Gasteiger partial charge is 0.225 e. The summed E-state index contributed by atoms with van der Waals surface area (Å²) in [6.07, 6.45) is 2.78. The fraction of sp³-hybridized carbons (Fsp3) is 0.667. The largest absolute Gasteiger partial charge is 0.317 e. The minimum Gasteiger partial charge on any atom is -0.317 e. The average Bonchev–Trinajstić information content (AvgIpc) is 2.62. The number of nitrogens with zero attached hydrogens (tertiary/aromatic N) is 1. The van der Waals surface area contributed by atoms with Crippen LogP contribution < -0.4 is 10.6 Å². The number of carbonyl (C=O) groups excluding carboxylic acids is 1. The zero-order chi connectivity index (χ0) is 12.3. The van der Waals surface area contributed by atoms with Gasteiger partial charge in [-0.1, -0.05) is 0 Å². The van der Waals surface area contributed by atoms with Crippen molar-refractivity contribution < 1.29 is 4.79 Å². The topological polar surface area (TPSA) is 69.8 Å². The van der Waals surface area contributed by atoms with Gasteiger partial charge in [-0.3, -0.25) is 9.89 Å². The Bertz CT molecular complexity index is 393. The molecule has 1 amide bonds. The van der Waals surface area contributed by atoms with Crippen molar-refractivity contribution in [2.75, 3.05) is 18.4 Å². The van der Waals surface area contributed by atoms with Gasteiger partial charge in [0.2, 0.25) is 5.91 Å². The molecule has 1 fully saturated rings. The fourth-order valence-electron chi connectivity index (χ4n) is 2.14. The lowest BCUT2D eigenvalue weighted by atomic mass is 9.94. The zero-order valence-electron chi connectivity index (χ0n) is 10.5. The quantitative estimate of drug-likeness (QED) is 0.742. The number of hydrogen-bond donors (Lipinski definition) is 3. The van der Waals surface area contributed by atoms with Gasteiger partial charge in [-0.2, -0.15) is 5.10 Å². The molecule has 94 valence electrons. The molecule has 1 aliphatic heterocycles. The summed E-state index contributed by atoms with van der Waals surface area (Å²) in [6.45, 7) is 5.96. The Kier molecular flexibility index (Phi) is 3.78. The molecule has 1 aliphatic rings. The van der Waals surface area contributed by atoms with Gasteiger partial charge in [-0.15, -0.1) is 0 Å². The maximum atomic E-state index is 11.9. The molecule has 0 radical (unpaired) electrons. The first-order valence-electron chi connectivity index (χ1n) is 6.19. The molecular formula is C12H20N4O. The number of amides is 1. The average molecular weight is 236 g/mol. The van der Waals surface area contributed by atoms with Crippen LogP contribution >= 0.6 is 0 Å². The Morgan fingerprint density at radius 1 is 1.41 bits per heavy atom. The molecule has 2 rings (SSSR count). The van der Waals surface area contributed by atoms with E-state index in [2.05, 4.69) is 20.8 Å². The number of aryl methyl sites for hydroxylation is 1. The first kappa shape index (κ1) is 12.1. The number of hydrogen-bond acceptors (Lipinski definition) is 3. The molecule has 2 heterocycles. The van der Waals surface area contributed by atoms with Crippen LogP contribution in [-0.2, 0) is 4.79 Å². The third-order valence-electron chi connectivity index (χ3n) is 3.44. The standard InChI is InChI=1S/C12H20N4O/c1-8-9(2)15-16-12(8)14-11(17)7-10-3-5-13-6-4-10/h10,13H,3-7H2,1-2H3,(H2,14,15,16,17). The Hall–Kier alpha value is -1.36. The van der Waals surface area contributed by atoms with E-state index < -0.39 is 0 Å². The lowest BCUT2D eigenvalue weighted by Gasteiger charge is -2.21. The fourth-order valence-corrected chi connectivity index (χ4v) is 2.14. The summed E-state index contributed by atoms with van der Waals surface area (Å²) in [6, 6.07) is 0. The van der Waals surface area contributed by atoms with Gasteiger partial charge >= 0.3 is 0 Å². The van der Waals surface area contributed by atoms with E-state index >= 15 is 0 Å². The minimum atomic E-state index is 0.0755. The number of piperidine rings is 1. The molecule has 1 aromatic heterocycles. The van der Waals surface area contributed by atoms with Gasteiger partial charge in [0.05, 0.1) is 0 Å². The van der Waals surface area contributed by atoms with E-state index in [0.29, 0.717) is 18.2 Å². The predicted molar refractivity (Wildman–Crippen MR) is 66.9 cm³/mol. The van der Waals surface area contributed by atoms with E-state index in [9.17, 15) is 4.79 Å². The lowest BCUT2D eigenvalue weighted by Crippen LogP contribution is -2.30. The molecule has 0 unspecified atom stereocenters. The summed E-state index contributed by atoms with van der Waals surface area (Å²) >= 11 is 0. The third-order valence-corrected chi connectivity index (χ3v) is 3.44. The van der Waals surface area contributed by atoms with Crippen molar-refractivity contribution >= 4 is 11.7 Å². The number of aromatic nitrogens is 2. The molecule has 17 heavy (non-hydrogen) atoms. The number of rotatable bonds is 3. The molecular weight excluding hydrogens is 216 g/mol. The molecule has 0 spiro atoms. The van der Waals surface area contributed by atoms with Crippen LogP contribution in [0.3, 0.4) is 0 Å². The highest BCUT2D eigenvalue weighted by atomic mass is 16.1. The highest BCUT2D eigenvalue weighted by Crippen LogP contribution is 2.18. The first-order chi connectivity index (χ1) is 8.16. The van der Waals surface area contributed by atoms with Crippen molar-refractivity contribution in [1.29, 1.82) is 0 Å². The summed E-state index contributed by atoms with van der Waals surface area (Å²) in [4.78, 5) is 11.9. The Morgan fingerprint density at radius 2 is 2.12 bits per heavy atom. The summed E-state index contributed by atoms with van der Waals surface area (Å²) in [5.74, 6) is 1.25. The van der Waals surface area contributed by atoms with E-state index in [4.69, 9.17) is 0 Å². The molecule has 0 aromatic carbocycles. The van der Waals surface area contributed by atoms with Crippen LogP contribution in [0.5, 0.6) is 0 Å². The van der Waals surface area contributed by atoms with Crippen LogP contribution in [0.4, 0.5) is 5.82 Å². The molecule has 5 heteroatoms. The minimum absolute atomic E-state index is 0.0755. The molecule has 0 atom stereocenters. The molecule has 0 aliphatic carbocycles. The number of nitrogens with one attached hydrogen (secondary N) is 3. The maximum absolute atomic E-state index is 11.9. The molecule has 1 saturated heterocycles. The van der Waals surface area contributed by atoms with Crippen molar-refractivity contribution in [3.8, 4) is 0 Å². The van der Waals surface area contributed by atoms with Crippen LogP contribution in [0.15, 0.2) is 0 Å². The van der Waals surface area contributed by atoms with Gasteiger partial charge in [0.25, 0.3) is 0 Å². The van der Waals surface area contributed by atoms with Crippen LogP contribution in [0, 0.1) is 19.8 Å². The van der Waals surface area contributed by atoms with Gasteiger partial charge in [-0.05, 0) is 45.7 Å². The Labute approximate surface area is 101 Å². The van der Waals surface area contributed by atoms with Gasteiger partial charge in [0.15, 0.2) is 5.82 Å². The summed E-state index contributed by atoms with van der Waals surface area (Å²) < 4.78 is 0. The molecule has 0 bridgehead atoms. The number of carbonyl (C=O) groups is 1. The van der Waals surface area contributed by atoms with E-state index in [1.165, 1.54) is 0 Å². The Balaban J connectivity index is 1.86. The van der Waals surface area contributed by atoms with Crippen molar-refractivity contribution in [2.24, 2.45) is 5.92 Å². The molecule has 3 N–H and O–H groups in total. The highest BCUT2D eigenvalue weighted by molar-refractivity contribution is 5.90. The lowest BCUT2D eigenvalue weighted by molar-refractivity contribution is -0.117. The first-order valence-corrected chi connectivity index (χ1v) is 6.19. The monoisotopic (exact) mass is 236 g/mol. The Morgan fingerprint density at radius 3 is 2.71 bits per heavy atom. The third kappa shape index (κ3) is 3.06. The second-order valence-electron chi connectivity index (χ2n) is 4.77. The van der Waals surface area contributed by atoms with E-state index in [1.54, 1.807) is 0 Å². The summed E-state index contributed by atoms with van der Waals surface area (Å²) in [5, 5.41) is 13.1. The predicted octanol–water partition coefficient (Wildman–Crippen LogP) is 1.35. The molecule has 5 nitrogen and oxygen atoms in total. The highest BCUT2D eigenvalue weighted by Gasteiger charge is 2.17. The maximum Gasteiger partial charge on any atom is 0.225 e. The molecule has 1 aromatic rings. The van der Waals surface area contributed by atoms with E-state index in [-0.39, 0.29) is 5.91 Å². The van der Waals surface area contributed by atoms with Gasteiger partial charge in [0.1, 0.15) is 0 Å². The van der Waals surface area contributed by atoms with E-state index in [0.717, 1.165) is 37.2 Å². The van der Waals surface area contributed by atoms with Gasteiger partial charge < -0.3 is 10.6 Å². The number of aromatic amines is 1. The van der Waals surface area contributed by atoms with Crippen LogP contribution in [0.2, 0.25) is 0 Å². The van der Waals surface area contributed by atoms with Gasteiger partial charge in [-0.25, -0.2) is 0 Å². The summed E-state index contributed by atoms with van der Waals surface area (Å²) in [5.41, 5.74) is 2.02. The van der Waals surface area contributed by atoms with Crippen molar-refractivity contribution in [3.63, 3.8) is 0 Å². The van der Waals surface area contributed by atoms with Crippen molar-refractivity contribution in [2.45, 2.75) is 33.1 Å². The van der Waals surface area contributed by atoms with Crippen LogP contribution in [-0.4, -0.2) is 29.2 Å². The zero-order valence-corrected chi connectivity index (χ0v) is 10.5. The second kappa shape index (κ2) is 5.31. The number of anilines is 1. The van der Waals surface area contributed by atoms with Crippen LogP contribution in [0.25, 0.3) is 0 Å². The van der Waals surface area contributed by atoms with Crippen molar-refractivity contribution in [3.05, 3.63) is 11.3 Å². The van der Waals surface area contributed by atoms with Crippen LogP contribution in [0.1, 0.15) is 30.5 Å². The molecule has 0 saturated carbocycles. The van der Waals surface area contributed by atoms with Gasteiger partial charge in [0, 0.05) is 17.7 Å².